The SMILES string of the molecule is CCc1nnsc1C(=O)NCc1ccc(Br)cc1. The van der Waals surface area contributed by atoms with E-state index in [4.69, 9.17) is 0 Å². The Morgan fingerprint density at radius 2 is 2.11 bits per heavy atom. The lowest BCUT2D eigenvalue weighted by atomic mass is 10.2. The average molecular weight is 326 g/mol. The summed E-state index contributed by atoms with van der Waals surface area (Å²) in [4.78, 5) is 12.5. The minimum Gasteiger partial charge on any atom is -0.347 e. The summed E-state index contributed by atoms with van der Waals surface area (Å²) in [6, 6.07) is 7.84. The van der Waals surface area contributed by atoms with E-state index >= 15 is 0 Å². The molecule has 0 radical (unpaired) electrons. The number of nitrogens with zero attached hydrogens (tertiary/aromatic N) is 2. The second kappa shape index (κ2) is 6.06. The molecule has 4 nitrogen and oxygen atoms in total. The van der Waals surface area contributed by atoms with E-state index in [1.165, 1.54) is 0 Å². The zero-order valence-corrected chi connectivity index (χ0v) is 12.2. The number of hydrogen-bond donors (Lipinski definition) is 1. The van der Waals surface area contributed by atoms with Crippen molar-refractivity contribution in [3.05, 3.63) is 44.9 Å². The third-order valence-corrected chi connectivity index (χ3v) is 3.76. The largest absolute Gasteiger partial charge is 0.347 e. The second-order valence-electron chi connectivity index (χ2n) is 3.71. The molecule has 6 heteroatoms. The third-order valence-electron chi connectivity index (χ3n) is 2.46. The third kappa shape index (κ3) is 3.14. The lowest BCUT2D eigenvalue weighted by Gasteiger charge is -2.04. The average Bonchev–Trinajstić information content (AvgIpc) is 2.86. The van der Waals surface area contributed by atoms with Crippen LogP contribution in [-0.2, 0) is 13.0 Å². The molecule has 0 saturated carbocycles. The van der Waals surface area contributed by atoms with Gasteiger partial charge in [-0.25, -0.2) is 0 Å². The molecule has 1 N–H and O–H groups in total. The van der Waals surface area contributed by atoms with Gasteiger partial charge in [0.25, 0.3) is 5.91 Å². The molecule has 0 fully saturated rings. The van der Waals surface area contributed by atoms with Gasteiger partial charge in [-0.2, -0.15) is 0 Å². The summed E-state index contributed by atoms with van der Waals surface area (Å²) in [5.74, 6) is -0.107. The molecule has 18 heavy (non-hydrogen) atoms. The predicted molar refractivity (Wildman–Crippen MR) is 74.6 cm³/mol. The molecular weight excluding hydrogens is 314 g/mol. The zero-order valence-electron chi connectivity index (χ0n) is 9.81. The molecule has 0 unspecified atom stereocenters. The van der Waals surface area contributed by atoms with Gasteiger partial charge < -0.3 is 5.32 Å². The summed E-state index contributed by atoms with van der Waals surface area (Å²) in [5, 5.41) is 6.80. The van der Waals surface area contributed by atoms with Gasteiger partial charge >= 0.3 is 0 Å². The van der Waals surface area contributed by atoms with E-state index in [-0.39, 0.29) is 5.91 Å². The quantitative estimate of drug-likeness (QED) is 0.940. The van der Waals surface area contributed by atoms with Crippen LogP contribution in [0, 0.1) is 0 Å². The second-order valence-corrected chi connectivity index (χ2v) is 5.38. The van der Waals surface area contributed by atoms with Gasteiger partial charge in [-0.1, -0.05) is 39.5 Å². The van der Waals surface area contributed by atoms with Crippen LogP contribution in [0.3, 0.4) is 0 Å². The van der Waals surface area contributed by atoms with Crippen molar-refractivity contribution in [2.45, 2.75) is 19.9 Å². The first-order valence-corrected chi connectivity index (χ1v) is 7.11. The number of aromatic nitrogens is 2. The highest BCUT2D eigenvalue weighted by Crippen LogP contribution is 2.12. The van der Waals surface area contributed by atoms with Crippen molar-refractivity contribution in [3.63, 3.8) is 0 Å². The van der Waals surface area contributed by atoms with Crippen LogP contribution in [0.5, 0.6) is 0 Å². The van der Waals surface area contributed by atoms with E-state index in [2.05, 4.69) is 30.8 Å². The minimum atomic E-state index is -0.107. The minimum absolute atomic E-state index is 0.107. The molecule has 0 aliphatic carbocycles. The van der Waals surface area contributed by atoms with Crippen LogP contribution in [-0.4, -0.2) is 15.5 Å². The van der Waals surface area contributed by atoms with Crippen LogP contribution < -0.4 is 5.32 Å². The van der Waals surface area contributed by atoms with E-state index in [0.717, 1.165) is 33.7 Å². The van der Waals surface area contributed by atoms with Crippen LogP contribution in [0.1, 0.15) is 27.9 Å². The summed E-state index contributed by atoms with van der Waals surface area (Å²) in [5.41, 5.74) is 1.82. The number of nitrogens with one attached hydrogen (secondary N) is 1. The van der Waals surface area contributed by atoms with Crippen LogP contribution in [0.4, 0.5) is 0 Å². The number of carbonyl (C=O) groups excluding carboxylic acids is 1. The molecule has 2 rings (SSSR count). The van der Waals surface area contributed by atoms with Gasteiger partial charge in [-0.3, -0.25) is 4.79 Å². The first-order valence-electron chi connectivity index (χ1n) is 5.54. The number of hydrogen-bond acceptors (Lipinski definition) is 4. The maximum absolute atomic E-state index is 11.9. The molecule has 0 bridgehead atoms. The topological polar surface area (TPSA) is 54.9 Å². The summed E-state index contributed by atoms with van der Waals surface area (Å²) in [6.45, 7) is 2.47. The van der Waals surface area contributed by atoms with Crippen molar-refractivity contribution in [3.8, 4) is 0 Å². The molecule has 1 heterocycles. The molecule has 0 aliphatic heterocycles. The molecule has 2 aromatic rings. The molecule has 1 amide bonds. The monoisotopic (exact) mass is 325 g/mol. The van der Waals surface area contributed by atoms with Crippen LogP contribution in [0.2, 0.25) is 0 Å². The summed E-state index contributed by atoms with van der Waals surface area (Å²) >= 11 is 4.51. The summed E-state index contributed by atoms with van der Waals surface area (Å²) < 4.78 is 4.83. The normalized spacial score (nSPS) is 10.3. The van der Waals surface area contributed by atoms with E-state index < -0.39 is 0 Å². The highest BCUT2D eigenvalue weighted by atomic mass is 79.9. The molecule has 0 spiro atoms. The predicted octanol–water partition coefficient (Wildman–Crippen LogP) is 2.79. The van der Waals surface area contributed by atoms with Crippen molar-refractivity contribution in [2.75, 3.05) is 0 Å². The van der Waals surface area contributed by atoms with Gasteiger partial charge in [-0.15, -0.1) is 5.10 Å². The maximum Gasteiger partial charge on any atom is 0.265 e. The summed E-state index contributed by atoms with van der Waals surface area (Å²) in [7, 11) is 0. The Bertz CT molecular complexity index is 539. The summed E-state index contributed by atoms with van der Waals surface area (Å²) in [6.07, 6.45) is 0.720. The molecule has 0 aliphatic rings. The zero-order chi connectivity index (χ0) is 13.0. The fourth-order valence-electron chi connectivity index (χ4n) is 1.48. The van der Waals surface area contributed by atoms with Crippen molar-refractivity contribution < 1.29 is 4.79 Å². The molecule has 94 valence electrons. The Labute approximate surface area is 118 Å². The van der Waals surface area contributed by atoms with E-state index in [0.29, 0.717) is 11.4 Å². The van der Waals surface area contributed by atoms with Crippen LogP contribution >= 0.6 is 27.5 Å². The Hall–Kier alpha value is -1.27. The highest BCUT2D eigenvalue weighted by molar-refractivity contribution is 9.10. The molecule has 0 atom stereocenters. The van der Waals surface area contributed by atoms with Crippen molar-refractivity contribution in [1.29, 1.82) is 0 Å². The van der Waals surface area contributed by atoms with Crippen molar-refractivity contribution in [2.24, 2.45) is 0 Å². The lowest BCUT2D eigenvalue weighted by molar-refractivity contribution is 0.0954. The standard InChI is InChI=1S/C12H12BrN3OS/c1-2-10-11(18-16-15-10)12(17)14-7-8-3-5-9(13)6-4-8/h3-6H,2,7H2,1H3,(H,14,17). The fraction of sp³-hybridized carbons (Fsp3) is 0.250. The molecule has 1 aromatic carbocycles. The molecule has 1 aromatic heterocycles. The number of aryl methyl sites for hydroxylation is 1. The van der Waals surface area contributed by atoms with Crippen molar-refractivity contribution in [1.82, 2.24) is 14.9 Å². The van der Waals surface area contributed by atoms with Gasteiger partial charge in [0.05, 0.1) is 5.69 Å². The number of rotatable bonds is 4. The van der Waals surface area contributed by atoms with Crippen LogP contribution in [0.25, 0.3) is 0 Å². The first-order chi connectivity index (χ1) is 8.70. The Morgan fingerprint density at radius 3 is 2.78 bits per heavy atom. The molecule has 0 saturated heterocycles. The van der Waals surface area contributed by atoms with Gasteiger partial charge in [-0.05, 0) is 35.6 Å². The fourth-order valence-corrected chi connectivity index (χ4v) is 2.41. The first kappa shape index (κ1) is 13.2. The van der Waals surface area contributed by atoms with E-state index in [9.17, 15) is 4.79 Å². The highest BCUT2D eigenvalue weighted by Gasteiger charge is 2.14. The van der Waals surface area contributed by atoms with Gasteiger partial charge in [0.2, 0.25) is 0 Å². The van der Waals surface area contributed by atoms with Crippen molar-refractivity contribution >= 4 is 33.4 Å². The Kier molecular flexibility index (Phi) is 4.43. The number of benzene rings is 1. The van der Waals surface area contributed by atoms with Gasteiger partial charge in [0.15, 0.2) is 0 Å². The lowest BCUT2D eigenvalue weighted by Crippen LogP contribution is -2.22. The Balaban J connectivity index is 1.98. The maximum atomic E-state index is 11.9. The smallest absolute Gasteiger partial charge is 0.265 e. The number of amides is 1. The van der Waals surface area contributed by atoms with Gasteiger partial charge in [0.1, 0.15) is 4.88 Å². The van der Waals surface area contributed by atoms with Crippen LogP contribution in [0.15, 0.2) is 28.7 Å². The Morgan fingerprint density at radius 1 is 1.39 bits per heavy atom. The number of halogens is 1. The molecular formula is C12H12BrN3OS. The number of carbonyl (C=O) groups is 1. The van der Waals surface area contributed by atoms with E-state index in [1.807, 2.05) is 31.2 Å². The van der Waals surface area contributed by atoms with Gasteiger partial charge in [0, 0.05) is 11.0 Å². The van der Waals surface area contributed by atoms with E-state index in [1.54, 1.807) is 0 Å².